The van der Waals surface area contributed by atoms with E-state index in [0.717, 1.165) is 0 Å². The third-order valence-electron chi connectivity index (χ3n) is 0. The molecule has 0 radical (unpaired) electrons. The second kappa shape index (κ2) is 47.9. The second-order valence-electron chi connectivity index (χ2n) is 2.49. The fourth-order valence-electron chi connectivity index (χ4n) is 0. The molecule has 0 fully saturated rings. The Bertz CT molecular complexity index is 158. The first-order valence-corrected chi connectivity index (χ1v) is 5.88. The lowest BCUT2D eigenvalue weighted by Crippen LogP contribution is -1.98. The Labute approximate surface area is 175 Å². The lowest BCUT2D eigenvalue weighted by atomic mass is 10.3. The molecule has 0 aromatic carbocycles. The smallest absolute Gasteiger partial charge is 0.398 e. The van der Waals surface area contributed by atoms with Crippen molar-refractivity contribution in [2.75, 3.05) is 0 Å². The maximum atomic E-state index is 10.1. The van der Waals surface area contributed by atoms with Crippen molar-refractivity contribution < 1.29 is 115 Å². The van der Waals surface area contributed by atoms with Gasteiger partial charge in [0.1, 0.15) is 0 Å². The van der Waals surface area contributed by atoms with Crippen LogP contribution in [0.25, 0.3) is 0 Å². The van der Waals surface area contributed by atoms with Crippen molar-refractivity contribution in [3.05, 3.63) is 0 Å². The van der Waals surface area contributed by atoms with Gasteiger partial charge in [-0.15, -0.1) is 0 Å². The van der Waals surface area contributed by atoms with Crippen LogP contribution in [0, 0.1) is 0 Å². The summed E-state index contributed by atoms with van der Waals surface area (Å²) >= 11 is 0. The maximum absolute atomic E-state index is 10.1. The molecule has 0 bridgehead atoms. The third-order valence-corrected chi connectivity index (χ3v) is 0. The Morgan fingerprint density at radius 2 is 0.188 bits per heavy atom. The molecule has 32 heteroatoms. The first-order chi connectivity index (χ1) is 13.9. The van der Waals surface area contributed by atoms with Crippen LogP contribution >= 0.6 is 0 Å². The van der Waals surface area contributed by atoms with Crippen LogP contribution in [-0.4, -0.2) is 140 Å². The molecule has 16 nitrogen and oxygen atoms in total. The quantitative estimate of drug-likeness (QED) is 0.106. The second-order valence-corrected chi connectivity index (χ2v) is 2.49. The van der Waals surface area contributed by atoms with Crippen molar-refractivity contribution in [2.24, 2.45) is 0 Å². The molecule has 0 spiro atoms. The van der Waals surface area contributed by atoms with E-state index in [-0.39, 0.29) is 0 Å². The molecule has 0 atom stereocenters. The molecule has 0 heterocycles. The van der Waals surface area contributed by atoms with Crippen LogP contribution in [0.3, 0.4) is 0 Å². The lowest BCUT2D eigenvalue weighted by molar-refractivity contribution is 0.338. The van der Waals surface area contributed by atoms with Crippen LogP contribution in [0.4, 0.5) is 34.5 Å². The molecule has 32 heavy (non-hydrogen) atoms. The van der Waals surface area contributed by atoms with Crippen LogP contribution in [0.1, 0.15) is 0 Å². The molecule has 0 saturated heterocycles. The van der Waals surface area contributed by atoms with Gasteiger partial charge in [0, 0.05) is 0 Å². The Balaban J connectivity index is -0.0000000343. The zero-order valence-corrected chi connectivity index (χ0v) is 14.8. The van der Waals surface area contributed by atoms with E-state index in [4.69, 9.17) is 80.4 Å². The molecular formula is H16B8F8O16. The van der Waals surface area contributed by atoms with E-state index in [0.29, 0.717) is 0 Å². The summed E-state index contributed by atoms with van der Waals surface area (Å²) in [7, 11) is -21.3. The van der Waals surface area contributed by atoms with E-state index >= 15 is 0 Å². The fraction of sp³-hybridized carbons (Fsp3) is 0. The zero-order chi connectivity index (χ0) is 28.6. The molecule has 192 valence electrons. The molecular weight excluding hydrogens is 494 g/mol. The Hall–Kier alpha value is -0.681. The predicted octanol–water partition coefficient (Wildman–Crippen LogP) is -8.60. The fourth-order valence-corrected chi connectivity index (χ4v) is 0. The monoisotopic (exact) mass is 512 g/mol. The van der Waals surface area contributed by atoms with E-state index in [9.17, 15) is 34.5 Å². The average Bonchev–Trinajstić information content (AvgIpc) is 2.30. The van der Waals surface area contributed by atoms with Crippen molar-refractivity contribution in [1.82, 2.24) is 0 Å². The SMILES string of the molecule is OB(O)F.OB(O)F.OB(O)F.OB(O)F.OB(O)F.OB(O)F.OB(O)F.OB(O)F. The lowest BCUT2D eigenvalue weighted by Gasteiger charge is -1.65. The molecule has 16 N–H and O–H groups in total. The minimum Gasteiger partial charge on any atom is -0.398 e. The summed E-state index contributed by atoms with van der Waals surface area (Å²) in [6.45, 7) is 0. The summed E-state index contributed by atoms with van der Waals surface area (Å²) < 4.78 is 80.9. The summed E-state index contributed by atoms with van der Waals surface area (Å²) in [5, 5.41) is 111. The minimum absolute atomic E-state index is 2.67. The largest absolute Gasteiger partial charge is 0.674 e. The highest BCUT2D eigenvalue weighted by Crippen LogP contribution is 1.59. The van der Waals surface area contributed by atoms with Gasteiger partial charge >= 0.3 is 59.2 Å². The first kappa shape index (κ1) is 52.9. The highest BCUT2D eigenvalue weighted by Gasteiger charge is 1.99. The van der Waals surface area contributed by atoms with Crippen LogP contribution < -0.4 is 0 Å². The van der Waals surface area contributed by atoms with Crippen molar-refractivity contribution >= 4 is 59.2 Å². The van der Waals surface area contributed by atoms with Crippen molar-refractivity contribution in [3.8, 4) is 0 Å². The summed E-state index contributed by atoms with van der Waals surface area (Å²) in [4.78, 5) is 0. The van der Waals surface area contributed by atoms with Crippen LogP contribution in [0.5, 0.6) is 0 Å². The predicted molar refractivity (Wildman–Crippen MR) is 90.4 cm³/mol. The van der Waals surface area contributed by atoms with Gasteiger partial charge < -0.3 is 80.4 Å². The van der Waals surface area contributed by atoms with E-state index in [1.54, 1.807) is 0 Å². The van der Waals surface area contributed by atoms with Gasteiger partial charge in [-0.3, -0.25) is 34.5 Å². The van der Waals surface area contributed by atoms with Gasteiger partial charge in [-0.2, -0.15) is 0 Å². The molecule has 0 aromatic rings. The Morgan fingerprint density at radius 3 is 0.188 bits per heavy atom. The van der Waals surface area contributed by atoms with E-state index in [2.05, 4.69) is 0 Å². The third kappa shape index (κ3) is 50800. The average molecular weight is 511 g/mol. The molecule has 0 rings (SSSR count). The Kier molecular flexibility index (Phi) is 79.3. The first-order valence-electron chi connectivity index (χ1n) is 5.88. The van der Waals surface area contributed by atoms with Crippen molar-refractivity contribution in [3.63, 3.8) is 0 Å². The number of hydrogen-bond donors (Lipinski definition) is 16. The summed E-state index contributed by atoms with van der Waals surface area (Å²) in [5.41, 5.74) is 0. The molecule has 0 amide bonds. The zero-order valence-electron chi connectivity index (χ0n) is 14.8. The standard InChI is InChI=1S/8BFH2O2/c8*2-1(3)4/h8*3-4H. The molecule has 0 aliphatic heterocycles. The maximum Gasteiger partial charge on any atom is 0.674 e. The van der Waals surface area contributed by atoms with E-state index in [1.165, 1.54) is 0 Å². The summed E-state index contributed by atoms with van der Waals surface area (Å²) in [6.07, 6.45) is 0. The minimum atomic E-state index is -2.67. The molecule has 0 aliphatic rings. The summed E-state index contributed by atoms with van der Waals surface area (Å²) in [5.74, 6) is 0. The highest BCUT2D eigenvalue weighted by molar-refractivity contribution is 6.33. The van der Waals surface area contributed by atoms with Gasteiger partial charge in [0.2, 0.25) is 0 Å². The molecule has 0 aromatic heterocycles. The van der Waals surface area contributed by atoms with Gasteiger partial charge in [-0.05, 0) is 0 Å². The van der Waals surface area contributed by atoms with Crippen LogP contribution in [0.15, 0.2) is 0 Å². The highest BCUT2D eigenvalue weighted by atomic mass is 19.1. The van der Waals surface area contributed by atoms with Crippen molar-refractivity contribution in [2.45, 2.75) is 0 Å². The van der Waals surface area contributed by atoms with Gasteiger partial charge in [0.15, 0.2) is 0 Å². The molecule has 0 saturated carbocycles. The van der Waals surface area contributed by atoms with E-state index in [1.807, 2.05) is 0 Å². The normalized spacial score (nSPS) is 6.75. The van der Waals surface area contributed by atoms with Gasteiger partial charge in [0.05, 0.1) is 0 Å². The van der Waals surface area contributed by atoms with E-state index < -0.39 is 59.2 Å². The van der Waals surface area contributed by atoms with Crippen LogP contribution in [-0.2, 0) is 0 Å². The van der Waals surface area contributed by atoms with Crippen LogP contribution in [0.2, 0.25) is 0 Å². The number of halogens is 8. The van der Waals surface area contributed by atoms with Gasteiger partial charge in [0.25, 0.3) is 0 Å². The number of hydrogen-bond acceptors (Lipinski definition) is 16. The van der Waals surface area contributed by atoms with Gasteiger partial charge in [-0.1, -0.05) is 0 Å². The topological polar surface area (TPSA) is 324 Å². The molecule has 0 unspecified atom stereocenters. The van der Waals surface area contributed by atoms with Gasteiger partial charge in [-0.25, -0.2) is 0 Å². The number of rotatable bonds is 0. The molecule has 0 aliphatic carbocycles. The van der Waals surface area contributed by atoms with Crippen molar-refractivity contribution in [1.29, 1.82) is 0 Å². The Morgan fingerprint density at radius 1 is 0.188 bits per heavy atom. The summed E-state index contributed by atoms with van der Waals surface area (Å²) in [6, 6.07) is 0.